The molecule has 0 unspecified atom stereocenters. The van der Waals surface area contributed by atoms with E-state index in [4.69, 9.17) is 4.74 Å². The van der Waals surface area contributed by atoms with Crippen LogP contribution in [0, 0.1) is 0 Å². The smallest absolute Gasteiger partial charge is 0.321 e. The molecular weight excluding hydrogens is 426 g/mol. The highest BCUT2D eigenvalue weighted by Gasteiger charge is 2.28. The van der Waals surface area contributed by atoms with Crippen LogP contribution in [0.5, 0.6) is 5.75 Å². The van der Waals surface area contributed by atoms with Gasteiger partial charge in [0.05, 0.1) is 12.3 Å². The molecule has 0 radical (unpaired) electrons. The van der Waals surface area contributed by atoms with Crippen LogP contribution in [0.1, 0.15) is 40.5 Å². The number of nitrogens with one attached hydrogen (secondary N) is 2. The van der Waals surface area contributed by atoms with Gasteiger partial charge in [0.25, 0.3) is 5.91 Å². The van der Waals surface area contributed by atoms with Gasteiger partial charge in [0.2, 0.25) is 5.01 Å². The molecule has 0 saturated carbocycles. The summed E-state index contributed by atoms with van der Waals surface area (Å²) in [7, 11) is 0. The number of benzene rings is 2. The molecule has 4 rings (SSSR count). The van der Waals surface area contributed by atoms with Gasteiger partial charge in [-0.3, -0.25) is 4.79 Å². The van der Waals surface area contributed by atoms with Gasteiger partial charge < -0.3 is 20.3 Å². The normalized spacial score (nSPS) is 15.8. The van der Waals surface area contributed by atoms with Crippen molar-refractivity contribution in [3.63, 3.8) is 0 Å². The average molecular weight is 452 g/mol. The summed E-state index contributed by atoms with van der Waals surface area (Å²) in [6.07, 6.45) is 1.75. The van der Waals surface area contributed by atoms with E-state index in [-0.39, 0.29) is 17.9 Å². The summed E-state index contributed by atoms with van der Waals surface area (Å²) < 4.78 is 5.60. The van der Waals surface area contributed by atoms with Gasteiger partial charge in [-0.1, -0.05) is 41.7 Å². The SMILES string of the molecule is CCOc1ccccc1NC(=O)N1CCC[C@@H](c2nnc(C(=O)Nc3ccccc3)s2)C1. The van der Waals surface area contributed by atoms with Crippen molar-refractivity contribution in [2.45, 2.75) is 25.7 Å². The summed E-state index contributed by atoms with van der Waals surface area (Å²) in [6, 6.07) is 16.5. The monoisotopic (exact) mass is 451 g/mol. The Bertz CT molecular complexity index is 1070. The van der Waals surface area contributed by atoms with Crippen LogP contribution in [-0.4, -0.2) is 46.7 Å². The average Bonchev–Trinajstić information content (AvgIpc) is 3.32. The maximum Gasteiger partial charge on any atom is 0.321 e. The minimum absolute atomic E-state index is 0.0485. The summed E-state index contributed by atoms with van der Waals surface area (Å²) in [5.74, 6) is 0.417. The number of piperidine rings is 1. The molecule has 0 aliphatic carbocycles. The first kappa shape index (κ1) is 21.8. The Morgan fingerprint density at radius 3 is 2.69 bits per heavy atom. The first-order valence-electron chi connectivity index (χ1n) is 10.6. The number of carbonyl (C=O) groups excluding carboxylic acids is 2. The molecule has 32 heavy (non-hydrogen) atoms. The predicted molar refractivity (Wildman–Crippen MR) is 124 cm³/mol. The van der Waals surface area contributed by atoms with Gasteiger partial charge in [-0.05, 0) is 44.0 Å². The topological polar surface area (TPSA) is 96.4 Å². The number of ether oxygens (including phenoxy) is 1. The Morgan fingerprint density at radius 1 is 1.09 bits per heavy atom. The largest absolute Gasteiger partial charge is 0.492 e. The predicted octanol–water partition coefficient (Wildman–Crippen LogP) is 4.60. The first-order valence-corrected chi connectivity index (χ1v) is 11.4. The van der Waals surface area contributed by atoms with Crippen LogP contribution in [0.25, 0.3) is 0 Å². The zero-order valence-corrected chi connectivity index (χ0v) is 18.6. The molecule has 1 aliphatic heterocycles. The molecule has 8 nitrogen and oxygen atoms in total. The molecule has 1 atom stereocenters. The lowest BCUT2D eigenvalue weighted by Gasteiger charge is -2.31. The third kappa shape index (κ3) is 5.23. The number of nitrogens with zero attached hydrogens (tertiary/aromatic N) is 3. The molecule has 2 heterocycles. The third-order valence-corrected chi connectivity index (χ3v) is 6.24. The minimum atomic E-state index is -0.280. The van der Waals surface area contributed by atoms with Crippen LogP contribution in [0.15, 0.2) is 54.6 Å². The van der Waals surface area contributed by atoms with Crippen LogP contribution < -0.4 is 15.4 Å². The van der Waals surface area contributed by atoms with Crippen LogP contribution in [0.2, 0.25) is 0 Å². The summed E-state index contributed by atoms with van der Waals surface area (Å²) in [4.78, 5) is 27.1. The summed E-state index contributed by atoms with van der Waals surface area (Å²) in [6.45, 7) is 3.62. The van der Waals surface area contributed by atoms with Crippen molar-refractivity contribution in [2.24, 2.45) is 0 Å². The van der Waals surface area contributed by atoms with E-state index in [1.165, 1.54) is 11.3 Å². The molecule has 2 N–H and O–H groups in total. The van der Waals surface area contributed by atoms with E-state index in [0.29, 0.717) is 41.8 Å². The zero-order valence-electron chi connectivity index (χ0n) is 17.8. The lowest BCUT2D eigenvalue weighted by atomic mass is 9.99. The molecule has 166 valence electrons. The number of likely N-dealkylation sites (tertiary alicyclic amines) is 1. The molecule has 0 bridgehead atoms. The number of anilines is 2. The fourth-order valence-corrected chi connectivity index (χ4v) is 4.47. The van der Waals surface area contributed by atoms with Crippen LogP contribution in [-0.2, 0) is 0 Å². The fourth-order valence-electron chi connectivity index (χ4n) is 3.61. The fraction of sp³-hybridized carbons (Fsp3) is 0.304. The van der Waals surface area contributed by atoms with Crippen molar-refractivity contribution < 1.29 is 14.3 Å². The first-order chi connectivity index (χ1) is 15.6. The van der Waals surface area contributed by atoms with Gasteiger partial charge in [-0.2, -0.15) is 0 Å². The number of urea groups is 1. The lowest BCUT2D eigenvalue weighted by Crippen LogP contribution is -2.41. The molecular formula is C23H25N5O3S. The molecule has 1 fully saturated rings. The highest BCUT2D eigenvalue weighted by Crippen LogP contribution is 2.30. The molecule has 1 aliphatic rings. The molecule has 9 heteroatoms. The maximum absolute atomic E-state index is 12.9. The van der Waals surface area contributed by atoms with E-state index in [1.54, 1.807) is 4.90 Å². The third-order valence-electron chi connectivity index (χ3n) is 5.15. The highest BCUT2D eigenvalue weighted by molar-refractivity contribution is 7.13. The van der Waals surface area contributed by atoms with E-state index >= 15 is 0 Å². The van der Waals surface area contributed by atoms with E-state index < -0.39 is 0 Å². The van der Waals surface area contributed by atoms with E-state index in [0.717, 1.165) is 17.8 Å². The van der Waals surface area contributed by atoms with Gasteiger partial charge in [0, 0.05) is 24.7 Å². The molecule has 3 aromatic rings. The number of amides is 3. The van der Waals surface area contributed by atoms with Crippen LogP contribution in [0.3, 0.4) is 0 Å². The Hall–Kier alpha value is -3.46. The Kier molecular flexibility index (Phi) is 6.96. The van der Waals surface area contributed by atoms with Crippen molar-refractivity contribution in [3.8, 4) is 5.75 Å². The standard InChI is InChI=1S/C23H25N5O3S/c1-2-31-19-13-7-6-12-18(19)25-23(30)28-14-8-9-16(15-28)21-26-27-22(32-21)20(29)24-17-10-4-3-5-11-17/h3-7,10-13,16H,2,8-9,14-15H2,1H3,(H,24,29)(H,25,30)/t16-/m1/s1. The molecule has 1 saturated heterocycles. The van der Waals surface area contributed by atoms with Gasteiger partial charge in [0.15, 0.2) is 0 Å². The second-order valence-electron chi connectivity index (χ2n) is 7.41. The van der Waals surface area contributed by atoms with Crippen molar-refractivity contribution in [1.82, 2.24) is 15.1 Å². The van der Waals surface area contributed by atoms with Crippen LogP contribution in [0.4, 0.5) is 16.2 Å². The molecule has 1 aromatic heterocycles. The van der Waals surface area contributed by atoms with E-state index in [1.807, 2.05) is 61.5 Å². The zero-order chi connectivity index (χ0) is 22.3. The quantitative estimate of drug-likeness (QED) is 0.571. The van der Waals surface area contributed by atoms with Crippen molar-refractivity contribution in [2.75, 3.05) is 30.3 Å². The van der Waals surface area contributed by atoms with Crippen molar-refractivity contribution in [3.05, 3.63) is 64.6 Å². The van der Waals surface area contributed by atoms with E-state index in [9.17, 15) is 9.59 Å². The Morgan fingerprint density at radius 2 is 1.88 bits per heavy atom. The maximum atomic E-state index is 12.9. The minimum Gasteiger partial charge on any atom is -0.492 e. The molecule has 0 spiro atoms. The second-order valence-corrected chi connectivity index (χ2v) is 8.42. The molecule has 3 amide bonds. The number of hydrogen-bond donors (Lipinski definition) is 2. The number of hydrogen-bond acceptors (Lipinski definition) is 6. The van der Waals surface area contributed by atoms with Gasteiger partial charge >= 0.3 is 6.03 Å². The van der Waals surface area contributed by atoms with Crippen molar-refractivity contribution >= 4 is 34.6 Å². The molecule has 2 aromatic carbocycles. The Balaban J connectivity index is 1.39. The van der Waals surface area contributed by atoms with Gasteiger partial charge in [-0.25, -0.2) is 4.79 Å². The summed E-state index contributed by atoms with van der Waals surface area (Å²) >= 11 is 1.28. The Labute approximate surface area is 190 Å². The second kappa shape index (κ2) is 10.2. The number of rotatable bonds is 6. The summed E-state index contributed by atoms with van der Waals surface area (Å²) in [5.41, 5.74) is 1.36. The summed E-state index contributed by atoms with van der Waals surface area (Å²) in [5, 5.41) is 15.2. The van der Waals surface area contributed by atoms with E-state index in [2.05, 4.69) is 20.8 Å². The van der Waals surface area contributed by atoms with Gasteiger partial charge in [-0.15, -0.1) is 10.2 Å². The van der Waals surface area contributed by atoms with Gasteiger partial charge in [0.1, 0.15) is 10.8 Å². The van der Waals surface area contributed by atoms with Crippen LogP contribution >= 0.6 is 11.3 Å². The number of carbonyl (C=O) groups is 2. The number of aromatic nitrogens is 2. The highest BCUT2D eigenvalue weighted by atomic mass is 32.1. The lowest BCUT2D eigenvalue weighted by molar-refractivity contribution is 0.102. The number of para-hydroxylation sites is 3. The van der Waals surface area contributed by atoms with Crippen molar-refractivity contribution in [1.29, 1.82) is 0 Å².